The molecule has 0 saturated carbocycles. The summed E-state index contributed by atoms with van der Waals surface area (Å²) in [4.78, 5) is 12.3. The Balaban J connectivity index is 2.66. The number of nitrogens with one attached hydrogen (secondary N) is 1. The lowest BCUT2D eigenvalue weighted by Crippen LogP contribution is -2.35. The standard InChI is InChI=1S/C11H13IN2OS/c1-7(6-10(13)16)14-11(15)8-4-2-3-5-9(8)12/h2-5,7H,6H2,1H3,(H2,13,16)(H,14,15). The van der Waals surface area contributed by atoms with Gasteiger partial charge in [0, 0.05) is 16.0 Å². The number of carbonyl (C=O) groups excluding carboxylic acids is 1. The van der Waals surface area contributed by atoms with Crippen molar-refractivity contribution in [3.05, 3.63) is 33.4 Å². The van der Waals surface area contributed by atoms with E-state index in [2.05, 4.69) is 27.9 Å². The fraction of sp³-hybridized carbons (Fsp3) is 0.273. The van der Waals surface area contributed by atoms with Crippen molar-refractivity contribution in [2.24, 2.45) is 5.73 Å². The Morgan fingerprint density at radius 3 is 2.75 bits per heavy atom. The van der Waals surface area contributed by atoms with Gasteiger partial charge in [0.15, 0.2) is 0 Å². The molecular weight excluding hydrogens is 335 g/mol. The van der Waals surface area contributed by atoms with E-state index in [1.807, 2.05) is 25.1 Å². The zero-order valence-corrected chi connectivity index (χ0v) is 11.8. The molecule has 1 atom stereocenters. The Hall–Kier alpha value is -0.690. The Kier molecular flexibility index (Phi) is 5.14. The van der Waals surface area contributed by atoms with E-state index in [1.165, 1.54) is 0 Å². The minimum absolute atomic E-state index is 0.0407. The van der Waals surface area contributed by atoms with Gasteiger partial charge in [-0.1, -0.05) is 24.4 Å². The summed E-state index contributed by atoms with van der Waals surface area (Å²) in [6.45, 7) is 1.88. The molecule has 0 spiro atoms. The lowest BCUT2D eigenvalue weighted by atomic mass is 10.2. The highest BCUT2D eigenvalue weighted by atomic mass is 127. The Morgan fingerprint density at radius 2 is 2.19 bits per heavy atom. The lowest BCUT2D eigenvalue weighted by molar-refractivity contribution is 0.0940. The predicted molar refractivity (Wildman–Crippen MR) is 77.5 cm³/mol. The van der Waals surface area contributed by atoms with Gasteiger partial charge in [-0.3, -0.25) is 4.79 Å². The van der Waals surface area contributed by atoms with Crippen molar-refractivity contribution in [1.29, 1.82) is 0 Å². The summed E-state index contributed by atoms with van der Waals surface area (Å²) in [5.41, 5.74) is 6.09. The zero-order chi connectivity index (χ0) is 12.1. The summed E-state index contributed by atoms with van der Waals surface area (Å²) in [6, 6.07) is 7.39. The third kappa shape index (κ3) is 4.05. The molecular formula is C11H13IN2OS. The van der Waals surface area contributed by atoms with Crippen molar-refractivity contribution in [1.82, 2.24) is 5.32 Å². The van der Waals surface area contributed by atoms with Crippen LogP contribution in [0.5, 0.6) is 0 Å². The van der Waals surface area contributed by atoms with Crippen molar-refractivity contribution in [2.45, 2.75) is 19.4 Å². The number of amides is 1. The number of halogens is 1. The predicted octanol–water partition coefficient (Wildman–Crippen LogP) is 2.09. The van der Waals surface area contributed by atoms with Crippen LogP contribution in [0.25, 0.3) is 0 Å². The molecule has 1 aromatic carbocycles. The second kappa shape index (κ2) is 6.15. The average Bonchev–Trinajstić information content (AvgIpc) is 2.16. The summed E-state index contributed by atoms with van der Waals surface area (Å²) in [6.07, 6.45) is 0.518. The first-order valence-electron chi connectivity index (χ1n) is 4.84. The SMILES string of the molecule is CC(CC(N)=S)NC(=O)c1ccccc1I. The minimum Gasteiger partial charge on any atom is -0.393 e. The summed E-state index contributed by atoms with van der Waals surface area (Å²) in [5.74, 6) is -0.0891. The van der Waals surface area contributed by atoms with Gasteiger partial charge in [0.05, 0.1) is 10.6 Å². The van der Waals surface area contributed by atoms with Crippen molar-refractivity contribution in [2.75, 3.05) is 0 Å². The maximum atomic E-state index is 11.9. The first-order chi connectivity index (χ1) is 7.50. The summed E-state index contributed by atoms with van der Waals surface area (Å²) >= 11 is 6.93. The molecule has 16 heavy (non-hydrogen) atoms. The molecule has 0 aromatic heterocycles. The molecule has 86 valence electrons. The molecule has 0 radical (unpaired) electrons. The van der Waals surface area contributed by atoms with Crippen LogP contribution >= 0.6 is 34.8 Å². The van der Waals surface area contributed by atoms with Crippen LogP contribution < -0.4 is 11.1 Å². The topological polar surface area (TPSA) is 55.1 Å². The van der Waals surface area contributed by atoms with E-state index in [0.29, 0.717) is 17.0 Å². The van der Waals surface area contributed by atoms with E-state index in [4.69, 9.17) is 18.0 Å². The van der Waals surface area contributed by atoms with Crippen LogP contribution in [-0.2, 0) is 0 Å². The van der Waals surface area contributed by atoms with E-state index < -0.39 is 0 Å². The molecule has 0 saturated heterocycles. The second-order valence-corrected chi connectivity index (χ2v) is 5.21. The maximum absolute atomic E-state index is 11.9. The largest absolute Gasteiger partial charge is 0.393 e. The molecule has 0 aliphatic heterocycles. The van der Waals surface area contributed by atoms with Gasteiger partial charge in [-0.15, -0.1) is 0 Å². The highest BCUT2D eigenvalue weighted by molar-refractivity contribution is 14.1. The number of hydrogen-bond acceptors (Lipinski definition) is 2. The van der Waals surface area contributed by atoms with Gasteiger partial charge >= 0.3 is 0 Å². The smallest absolute Gasteiger partial charge is 0.252 e. The van der Waals surface area contributed by atoms with E-state index in [0.717, 1.165) is 3.57 Å². The van der Waals surface area contributed by atoms with Gasteiger partial charge in [0.1, 0.15) is 0 Å². The Labute approximate surface area is 114 Å². The first-order valence-corrected chi connectivity index (χ1v) is 6.33. The second-order valence-electron chi connectivity index (χ2n) is 3.52. The first kappa shape index (κ1) is 13.4. The van der Waals surface area contributed by atoms with E-state index >= 15 is 0 Å². The molecule has 0 bridgehead atoms. The third-order valence-electron chi connectivity index (χ3n) is 2.00. The number of benzene rings is 1. The minimum atomic E-state index is -0.0891. The number of hydrogen-bond donors (Lipinski definition) is 2. The molecule has 3 nitrogen and oxygen atoms in total. The maximum Gasteiger partial charge on any atom is 0.252 e. The van der Waals surface area contributed by atoms with Crippen LogP contribution in [0.2, 0.25) is 0 Å². The molecule has 3 N–H and O–H groups in total. The molecule has 1 amide bonds. The van der Waals surface area contributed by atoms with Gasteiger partial charge in [-0.25, -0.2) is 0 Å². The summed E-state index contributed by atoms with van der Waals surface area (Å²) < 4.78 is 0.931. The summed E-state index contributed by atoms with van der Waals surface area (Å²) in [7, 11) is 0. The van der Waals surface area contributed by atoms with E-state index in [1.54, 1.807) is 6.07 Å². The van der Waals surface area contributed by atoms with Crippen molar-refractivity contribution in [3.8, 4) is 0 Å². The number of thiocarbonyl (C=S) groups is 1. The molecule has 5 heteroatoms. The van der Waals surface area contributed by atoms with Crippen LogP contribution in [-0.4, -0.2) is 16.9 Å². The molecule has 1 aromatic rings. The van der Waals surface area contributed by atoms with Crippen molar-refractivity contribution < 1.29 is 4.79 Å². The molecule has 0 fully saturated rings. The van der Waals surface area contributed by atoms with Crippen molar-refractivity contribution in [3.63, 3.8) is 0 Å². The third-order valence-corrected chi connectivity index (χ3v) is 3.11. The molecule has 0 aliphatic carbocycles. The van der Waals surface area contributed by atoms with Crippen molar-refractivity contribution >= 4 is 45.7 Å². The van der Waals surface area contributed by atoms with Crippen LogP contribution in [0, 0.1) is 3.57 Å². The van der Waals surface area contributed by atoms with Gasteiger partial charge in [0.2, 0.25) is 0 Å². The fourth-order valence-corrected chi connectivity index (χ4v) is 2.18. The Morgan fingerprint density at radius 1 is 1.56 bits per heavy atom. The van der Waals surface area contributed by atoms with Gasteiger partial charge < -0.3 is 11.1 Å². The van der Waals surface area contributed by atoms with E-state index in [9.17, 15) is 4.79 Å². The molecule has 0 heterocycles. The van der Waals surface area contributed by atoms with Crippen LogP contribution in [0.4, 0.5) is 0 Å². The number of nitrogens with two attached hydrogens (primary N) is 1. The summed E-state index contributed by atoms with van der Waals surface area (Å²) in [5, 5.41) is 2.86. The molecule has 0 aliphatic rings. The molecule has 1 rings (SSSR count). The van der Waals surface area contributed by atoms with Gasteiger partial charge in [-0.2, -0.15) is 0 Å². The van der Waals surface area contributed by atoms with Crippen LogP contribution in [0.3, 0.4) is 0 Å². The average molecular weight is 348 g/mol. The van der Waals surface area contributed by atoms with Crippen LogP contribution in [0.15, 0.2) is 24.3 Å². The number of carbonyl (C=O) groups is 1. The monoisotopic (exact) mass is 348 g/mol. The quantitative estimate of drug-likeness (QED) is 0.647. The van der Waals surface area contributed by atoms with Gasteiger partial charge in [-0.05, 0) is 41.6 Å². The molecule has 1 unspecified atom stereocenters. The number of rotatable bonds is 4. The highest BCUT2D eigenvalue weighted by Gasteiger charge is 2.12. The zero-order valence-electron chi connectivity index (χ0n) is 8.87. The fourth-order valence-electron chi connectivity index (χ4n) is 1.30. The highest BCUT2D eigenvalue weighted by Crippen LogP contribution is 2.11. The van der Waals surface area contributed by atoms with E-state index in [-0.39, 0.29) is 11.9 Å². The van der Waals surface area contributed by atoms with Crippen LogP contribution in [0.1, 0.15) is 23.7 Å². The Bertz CT molecular complexity index is 409. The normalized spacial score (nSPS) is 11.9. The van der Waals surface area contributed by atoms with Gasteiger partial charge in [0.25, 0.3) is 5.91 Å². The lowest BCUT2D eigenvalue weighted by Gasteiger charge is -2.13.